The molecule has 1 heterocycles. The molecule has 8 heteroatoms. The van der Waals surface area contributed by atoms with Gasteiger partial charge in [-0.25, -0.2) is 8.78 Å². The number of ether oxygens (including phenoxy) is 1. The third kappa shape index (κ3) is 3.74. The summed E-state index contributed by atoms with van der Waals surface area (Å²) in [6, 6.07) is 3.87. The maximum absolute atomic E-state index is 13.6. The van der Waals surface area contributed by atoms with E-state index in [-0.39, 0.29) is 17.6 Å². The van der Waals surface area contributed by atoms with E-state index in [0.29, 0.717) is 12.5 Å². The van der Waals surface area contributed by atoms with E-state index in [1.165, 1.54) is 19.2 Å². The zero-order chi connectivity index (χ0) is 15.2. The van der Waals surface area contributed by atoms with E-state index in [4.69, 9.17) is 4.74 Å². The first-order chi connectivity index (χ1) is 10.1. The highest BCUT2D eigenvalue weighted by Crippen LogP contribution is 2.21. The smallest absolute Gasteiger partial charge is 0.322 e. The Bertz CT molecular complexity index is 624. The minimum Gasteiger partial charge on any atom is -0.467 e. The molecule has 0 saturated carbocycles. The first-order valence-electron chi connectivity index (χ1n) is 6.39. The summed E-state index contributed by atoms with van der Waals surface area (Å²) in [5, 5.41) is 5.58. The van der Waals surface area contributed by atoms with Crippen LogP contribution in [0.25, 0.3) is 0 Å². The van der Waals surface area contributed by atoms with Crippen LogP contribution < -0.4 is 15.4 Å². The molecule has 0 fully saturated rings. The van der Waals surface area contributed by atoms with Crippen molar-refractivity contribution in [3.05, 3.63) is 29.8 Å². The van der Waals surface area contributed by atoms with Crippen molar-refractivity contribution in [3.8, 4) is 6.01 Å². The molecule has 0 unspecified atom stereocenters. The van der Waals surface area contributed by atoms with Crippen molar-refractivity contribution in [1.82, 2.24) is 15.0 Å². The fourth-order valence-electron chi connectivity index (χ4n) is 1.54. The second-order valence-corrected chi connectivity index (χ2v) is 4.12. The molecule has 1 aromatic heterocycles. The van der Waals surface area contributed by atoms with Crippen LogP contribution in [-0.4, -0.2) is 28.6 Å². The van der Waals surface area contributed by atoms with Gasteiger partial charge in [-0.2, -0.15) is 15.0 Å². The number of benzene rings is 1. The van der Waals surface area contributed by atoms with Gasteiger partial charge in [0.15, 0.2) is 11.6 Å². The molecule has 1 aromatic carbocycles. The van der Waals surface area contributed by atoms with E-state index in [1.54, 1.807) is 0 Å². The van der Waals surface area contributed by atoms with Crippen LogP contribution in [0.1, 0.15) is 13.3 Å². The molecule has 0 aliphatic heterocycles. The van der Waals surface area contributed by atoms with Crippen molar-refractivity contribution in [2.75, 3.05) is 24.3 Å². The van der Waals surface area contributed by atoms with Gasteiger partial charge >= 0.3 is 6.01 Å². The predicted octanol–water partition coefficient (Wildman–Crippen LogP) is 2.72. The topological polar surface area (TPSA) is 72.0 Å². The van der Waals surface area contributed by atoms with E-state index in [9.17, 15) is 8.78 Å². The molecule has 2 aromatic rings. The highest BCUT2D eigenvalue weighted by atomic mass is 19.2. The Balaban J connectivity index is 2.28. The Labute approximate surface area is 120 Å². The average molecular weight is 295 g/mol. The van der Waals surface area contributed by atoms with Crippen molar-refractivity contribution in [2.24, 2.45) is 0 Å². The van der Waals surface area contributed by atoms with Gasteiger partial charge < -0.3 is 15.4 Å². The number of nitrogens with zero attached hydrogens (tertiary/aromatic N) is 3. The lowest BCUT2D eigenvalue weighted by Crippen LogP contribution is -2.09. The van der Waals surface area contributed by atoms with Crippen molar-refractivity contribution in [3.63, 3.8) is 0 Å². The lowest BCUT2D eigenvalue weighted by molar-refractivity contribution is 0.379. The Morgan fingerprint density at radius 3 is 2.62 bits per heavy atom. The van der Waals surface area contributed by atoms with Crippen LogP contribution >= 0.6 is 0 Å². The molecular formula is C13H15F2N5O. The Kier molecular flexibility index (Phi) is 4.81. The third-order valence-electron chi connectivity index (χ3n) is 2.53. The number of nitrogens with one attached hydrogen (secondary N) is 2. The summed E-state index contributed by atoms with van der Waals surface area (Å²) in [5.41, 5.74) is -0.0651. The molecule has 2 N–H and O–H groups in total. The number of halogens is 2. The van der Waals surface area contributed by atoms with Crippen molar-refractivity contribution < 1.29 is 13.5 Å². The molecule has 0 bridgehead atoms. The molecule has 0 aliphatic rings. The molecule has 2 rings (SSSR count). The summed E-state index contributed by atoms with van der Waals surface area (Å²) >= 11 is 0. The molecule has 6 nitrogen and oxygen atoms in total. The average Bonchev–Trinajstić information content (AvgIpc) is 2.49. The van der Waals surface area contributed by atoms with E-state index in [2.05, 4.69) is 25.6 Å². The number of hydrogen-bond acceptors (Lipinski definition) is 6. The Hall–Kier alpha value is -2.51. The molecule has 0 atom stereocenters. The molecule has 0 radical (unpaired) electrons. The van der Waals surface area contributed by atoms with Gasteiger partial charge in [-0.15, -0.1) is 0 Å². The monoisotopic (exact) mass is 295 g/mol. The van der Waals surface area contributed by atoms with Gasteiger partial charge in [-0.3, -0.25) is 0 Å². The fraction of sp³-hybridized carbons (Fsp3) is 0.308. The number of anilines is 3. The normalized spacial score (nSPS) is 10.3. The van der Waals surface area contributed by atoms with Crippen molar-refractivity contribution >= 4 is 17.6 Å². The molecule has 112 valence electrons. The second kappa shape index (κ2) is 6.78. The molecule has 0 saturated heterocycles. The van der Waals surface area contributed by atoms with Crippen LogP contribution in [0.3, 0.4) is 0 Å². The Morgan fingerprint density at radius 1 is 1.14 bits per heavy atom. The quantitative estimate of drug-likeness (QED) is 0.853. The minimum atomic E-state index is -1.00. The Morgan fingerprint density at radius 2 is 1.90 bits per heavy atom. The first-order valence-corrected chi connectivity index (χ1v) is 6.39. The summed E-state index contributed by atoms with van der Waals surface area (Å²) in [7, 11) is 1.41. The summed E-state index contributed by atoms with van der Waals surface area (Å²) < 4.78 is 31.7. The van der Waals surface area contributed by atoms with Crippen LogP contribution in [0.4, 0.5) is 26.4 Å². The third-order valence-corrected chi connectivity index (χ3v) is 2.53. The minimum absolute atomic E-state index is 0.0601. The van der Waals surface area contributed by atoms with Gasteiger partial charge in [0.2, 0.25) is 11.9 Å². The van der Waals surface area contributed by atoms with Gasteiger partial charge in [0.05, 0.1) is 12.8 Å². The van der Waals surface area contributed by atoms with Crippen LogP contribution in [-0.2, 0) is 0 Å². The number of hydrogen-bond donors (Lipinski definition) is 2. The van der Waals surface area contributed by atoms with Gasteiger partial charge in [0.1, 0.15) is 0 Å². The van der Waals surface area contributed by atoms with Gasteiger partial charge in [-0.05, 0) is 18.6 Å². The number of methoxy groups -OCH3 is 1. The van der Waals surface area contributed by atoms with E-state index in [0.717, 1.165) is 12.5 Å². The van der Waals surface area contributed by atoms with Crippen molar-refractivity contribution in [2.45, 2.75) is 13.3 Å². The van der Waals surface area contributed by atoms with E-state index < -0.39 is 11.6 Å². The second-order valence-electron chi connectivity index (χ2n) is 4.12. The fourth-order valence-corrected chi connectivity index (χ4v) is 1.54. The summed E-state index contributed by atoms with van der Waals surface area (Å²) in [4.78, 5) is 12.0. The van der Waals surface area contributed by atoms with Gasteiger partial charge in [0.25, 0.3) is 0 Å². The molecular weight excluding hydrogens is 280 g/mol. The van der Waals surface area contributed by atoms with Crippen LogP contribution in [0.15, 0.2) is 18.2 Å². The van der Waals surface area contributed by atoms with E-state index >= 15 is 0 Å². The summed E-state index contributed by atoms with van der Waals surface area (Å²) in [6.45, 7) is 2.66. The maximum atomic E-state index is 13.6. The standard InChI is InChI=1S/C13H15F2N5O/c1-3-7-16-11-18-12(20-13(19-11)21-2)17-9-6-4-5-8(14)10(9)15/h4-6H,3,7H2,1-2H3,(H2,16,17,18,19,20). The van der Waals surface area contributed by atoms with Gasteiger partial charge in [0, 0.05) is 6.54 Å². The van der Waals surface area contributed by atoms with Gasteiger partial charge in [-0.1, -0.05) is 13.0 Å². The summed E-state index contributed by atoms with van der Waals surface area (Å²) in [6.07, 6.45) is 0.884. The van der Waals surface area contributed by atoms with E-state index in [1.807, 2.05) is 6.92 Å². The molecule has 0 spiro atoms. The highest BCUT2D eigenvalue weighted by molar-refractivity contribution is 5.55. The highest BCUT2D eigenvalue weighted by Gasteiger charge is 2.11. The molecule has 0 amide bonds. The predicted molar refractivity (Wildman–Crippen MR) is 74.8 cm³/mol. The summed E-state index contributed by atoms with van der Waals surface area (Å²) in [5.74, 6) is -1.60. The zero-order valence-corrected chi connectivity index (χ0v) is 11.7. The number of rotatable bonds is 6. The lowest BCUT2D eigenvalue weighted by Gasteiger charge is -2.09. The van der Waals surface area contributed by atoms with Crippen molar-refractivity contribution in [1.29, 1.82) is 0 Å². The van der Waals surface area contributed by atoms with Crippen LogP contribution in [0.5, 0.6) is 6.01 Å². The molecule has 21 heavy (non-hydrogen) atoms. The first kappa shape index (κ1) is 14.9. The van der Waals surface area contributed by atoms with Crippen LogP contribution in [0.2, 0.25) is 0 Å². The lowest BCUT2D eigenvalue weighted by atomic mass is 10.3. The zero-order valence-electron chi connectivity index (χ0n) is 11.7. The largest absolute Gasteiger partial charge is 0.467 e. The SMILES string of the molecule is CCCNc1nc(Nc2cccc(F)c2F)nc(OC)n1. The number of aromatic nitrogens is 3. The maximum Gasteiger partial charge on any atom is 0.322 e. The van der Waals surface area contributed by atoms with Crippen LogP contribution in [0, 0.1) is 11.6 Å². The molecule has 0 aliphatic carbocycles.